The van der Waals surface area contributed by atoms with E-state index in [1.165, 1.54) is 0 Å². The van der Waals surface area contributed by atoms with Crippen molar-refractivity contribution < 1.29 is 34.2 Å². The minimum Gasteiger partial charge on any atom is -0.481 e. The van der Waals surface area contributed by atoms with Crippen LogP contribution in [-0.2, 0) is 30.4 Å². The second-order valence-electron chi connectivity index (χ2n) is 6.65. The molecule has 12 heteroatoms. The van der Waals surface area contributed by atoms with Crippen molar-refractivity contribution in [2.45, 2.75) is 37.4 Å². The van der Waals surface area contributed by atoms with Crippen molar-refractivity contribution in [2.24, 2.45) is 5.73 Å². The molecule has 31 heavy (non-hydrogen) atoms. The Morgan fingerprint density at radius 2 is 1.61 bits per heavy atom. The van der Waals surface area contributed by atoms with Gasteiger partial charge >= 0.3 is 11.9 Å². The van der Waals surface area contributed by atoms with Gasteiger partial charge in [0.2, 0.25) is 17.7 Å². The number of amides is 3. The molecule has 1 aromatic rings. The van der Waals surface area contributed by atoms with Crippen LogP contribution >= 0.6 is 12.6 Å². The van der Waals surface area contributed by atoms with Crippen molar-refractivity contribution in [1.82, 2.24) is 16.0 Å². The first kappa shape index (κ1) is 25.9. The Morgan fingerprint density at radius 3 is 2.16 bits per heavy atom. The summed E-state index contributed by atoms with van der Waals surface area (Å²) in [6, 6.07) is 5.53. The maximum absolute atomic E-state index is 12.3. The van der Waals surface area contributed by atoms with Crippen molar-refractivity contribution in [3.63, 3.8) is 0 Å². The van der Waals surface area contributed by atoms with E-state index in [1.54, 1.807) is 24.3 Å². The van der Waals surface area contributed by atoms with Crippen molar-refractivity contribution in [1.29, 1.82) is 0 Å². The Balaban J connectivity index is 2.62. The number of carbonyl (C=O) groups is 5. The average Bonchev–Trinajstić information content (AvgIpc) is 2.73. The fraction of sp³-hybridized carbons (Fsp3) is 0.421. The van der Waals surface area contributed by atoms with E-state index in [4.69, 9.17) is 15.9 Å². The van der Waals surface area contributed by atoms with Crippen LogP contribution in [0.4, 0.5) is 0 Å². The van der Waals surface area contributed by atoms with Crippen molar-refractivity contribution in [3.8, 4) is 0 Å². The fourth-order valence-electron chi connectivity index (χ4n) is 2.50. The number of nitrogens with two attached hydrogens (primary N) is 1. The zero-order valence-corrected chi connectivity index (χ0v) is 17.5. The summed E-state index contributed by atoms with van der Waals surface area (Å²) in [6.45, 7) is -0.493. The smallest absolute Gasteiger partial charge is 0.327 e. The van der Waals surface area contributed by atoms with E-state index >= 15 is 0 Å². The molecule has 170 valence electrons. The third-order valence-corrected chi connectivity index (χ3v) is 4.52. The number of carbonyl (C=O) groups excluding carboxylic acids is 3. The number of thiol groups is 1. The molecule has 0 bridgehead atoms. The van der Waals surface area contributed by atoms with Gasteiger partial charge in [-0.05, 0) is 18.4 Å². The lowest BCUT2D eigenvalue weighted by molar-refractivity contribution is -0.142. The van der Waals surface area contributed by atoms with Gasteiger partial charge in [-0.1, -0.05) is 30.3 Å². The summed E-state index contributed by atoms with van der Waals surface area (Å²) in [4.78, 5) is 58.4. The lowest BCUT2D eigenvalue weighted by Crippen LogP contribution is -2.54. The van der Waals surface area contributed by atoms with Gasteiger partial charge in [-0.2, -0.15) is 12.6 Å². The summed E-state index contributed by atoms with van der Waals surface area (Å²) < 4.78 is 0. The van der Waals surface area contributed by atoms with Gasteiger partial charge in [-0.15, -0.1) is 0 Å². The highest BCUT2D eigenvalue weighted by Gasteiger charge is 2.26. The normalized spacial score (nSPS) is 13.4. The van der Waals surface area contributed by atoms with Crippen molar-refractivity contribution in [2.75, 3.05) is 12.3 Å². The Kier molecular flexibility index (Phi) is 11.1. The van der Waals surface area contributed by atoms with Crippen LogP contribution in [0.1, 0.15) is 18.4 Å². The van der Waals surface area contributed by atoms with Gasteiger partial charge in [0.05, 0.1) is 12.6 Å². The van der Waals surface area contributed by atoms with Gasteiger partial charge < -0.3 is 31.9 Å². The lowest BCUT2D eigenvalue weighted by atomic mass is 10.1. The number of carboxylic acid groups (broad SMARTS) is 2. The van der Waals surface area contributed by atoms with Gasteiger partial charge in [0.25, 0.3) is 0 Å². The number of nitrogens with one attached hydrogen (secondary N) is 3. The second kappa shape index (κ2) is 13.2. The molecule has 1 rings (SSSR count). The number of carboxylic acids is 2. The van der Waals surface area contributed by atoms with Crippen LogP contribution in [0.5, 0.6) is 0 Å². The van der Waals surface area contributed by atoms with Gasteiger partial charge in [0.1, 0.15) is 12.1 Å². The molecule has 0 spiro atoms. The first-order valence-electron chi connectivity index (χ1n) is 9.36. The van der Waals surface area contributed by atoms with Crippen LogP contribution in [0.2, 0.25) is 0 Å². The molecule has 11 nitrogen and oxygen atoms in total. The van der Waals surface area contributed by atoms with E-state index in [9.17, 15) is 24.0 Å². The van der Waals surface area contributed by atoms with E-state index in [2.05, 4.69) is 28.6 Å². The molecular formula is C19H26N4O7S. The molecule has 0 heterocycles. The predicted molar refractivity (Wildman–Crippen MR) is 113 cm³/mol. The summed E-state index contributed by atoms with van der Waals surface area (Å²) in [5, 5.41) is 24.7. The van der Waals surface area contributed by atoms with E-state index in [0.29, 0.717) is 0 Å². The standard InChI is InChI=1S/C19H26N4O7S/c20-12(8-11-4-2-1-3-5-11)17(27)21-9-15(24)22-13(6-7-16(25)26)18(28)23-14(10-31)19(29)30/h1-5,12-14,31H,6-10,20H2,(H,21,27)(H,22,24)(H,23,28)(H,25,26)(H,29,30). The topological polar surface area (TPSA) is 188 Å². The molecule has 0 aliphatic heterocycles. The van der Waals surface area contributed by atoms with Gasteiger partial charge in [0.15, 0.2) is 0 Å². The van der Waals surface area contributed by atoms with Crippen molar-refractivity contribution in [3.05, 3.63) is 35.9 Å². The summed E-state index contributed by atoms with van der Waals surface area (Å²) in [6.07, 6.45) is -0.448. The molecule has 0 aliphatic rings. The van der Waals surface area contributed by atoms with E-state index in [-0.39, 0.29) is 18.6 Å². The molecule has 7 N–H and O–H groups in total. The molecular weight excluding hydrogens is 428 g/mol. The highest BCUT2D eigenvalue weighted by molar-refractivity contribution is 7.80. The first-order chi connectivity index (χ1) is 14.6. The zero-order valence-electron chi connectivity index (χ0n) is 16.6. The molecule has 0 aliphatic carbocycles. The molecule has 0 saturated carbocycles. The average molecular weight is 455 g/mol. The third-order valence-electron chi connectivity index (χ3n) is 4.15. The minimum absolute atomic E-state index is 0.198. The van der Waals surface area contributed by atoms with E-state index in [0.717, 1.165) is 5.56 Å². The SMILES string of the molecule is NC(Cc1ccccc1)C(=O)NCC(=O)NC(CCC(=O)O)C(=O)NC(CS)C(=O)O. The highest BCUT2D eigenvalue weighted by atomic mass is 32.1. The van der Waals surface area contributed by atoms with Gasteiger partial charge in [-0.3, -0.25) is 19.2 Å². The largest absolute Gasteiger partial charge is 0.481 e. The number of rotatable bonds is 13. The Labute approximate surface area is 184 Å². The van der Waals surface area contributed by atoms with Crippen LogP contribution in [0.15, 0.2) is 30.3 Å². The monoisotopic (exact) mass is 454 g/mol. The molecule has 0 fully saturated rings. The quantitative estimate of drug-likeness (QED) is 0.176. The van der Waals surface area contributed by atoms with E-state index < -0.39 is 60.8 Å². The number of aliphatic carboxylic acids is 2. The molecule has 0 radical (unpaired) electrons. The number of hydrogen-bond acceptors (Lipinski definition) is 7. The molecule has 3 unspecified atom stereocenters. The molecule has 3 atom stereocenters. The lowest BCUT2D eigenvalue weighted by Gasteiger charge is -2.20. The maximum Gasteiger partial charge on any atom is 0.327 e. The molecule has 0 aromatic heterocycles. The first-order valence-corrected chi connectivity index (χ1v) is 9.99. The Bertz CT molecular complexity index is 791. The Hall–Kier alpha value is -3.12. The predicted octanol–water partition coefficient (Wildman–Crippen LogP) is -1.48. The summed E-state index contributed by atoms with van der Waals surface area (Å²) in [5.41, 5.74) is 6.67. The molecule has 1 aromatic carbocycles. The van der Waals surface area contributed by atoms with Crippen LogP contribution in [0.25, 0.3) is 0 Å². The summed E-state index contributed by atoms with van der Waals surface area (Å²) in [7, 11) is 0. The highest BCUT2D eigenvalue weighted by Crippen LogP contribution is 2.02. The van der Waals surface area contributed by atoms with Crippen LogP contribution in [-0.4, -0.2) is 70.3 Å². The fourth-order valence-corrected chi connectivity index (χ4v) is 2.75. The van der Waals surface area contributed by atoms with Crippen molar-refractivity contribution >= 4 is 42.3 Å². The summed E-state index contributed by atoms with van der Waals surface area (Å²) >= 11 is 3.83. The molecule has 0 saturated heterocycles. The minimum atomic E-state index is -1.33. The van der Waals surface area contributed by atoms with Gasteiger partial charge in [0, 0.05) is 12.2 Å². The van der Waals surface area contributed by atoms with Crippen LogP contribution < -0.4 is 21.7 Å². The zero-order chi connectivity index (χ0) is 23.4. The summed E-state index contributed by atoms with van der Waals surface area (Å²) in [5.74, 6) is -4.93. The van der Waals surface area contributed by atoms with Crippen LogP contribution in [0, 0.1) is 0 Å². The second-order valence-corrected chi connectivity index (χ2v) is 7.01. The Morgan fingerprint density at radius 1 is 0.968 bits per heavy atom. The number of hydrogen-bond donors (Lipinski definition) is 7. The third kappa shape index (κ3) is 9.96. The molecule has 3 amide bonds. The van der Waals surface area contributed by atoms with Gasteiger partial charge in [-0.25, -0.2) is 4.79 Å². The maximum atomic E-state index is 12.3. The van der Waals surface area contributed by atoms with E-state index in [1.807, 2.05) is 6.07 Å². The number of benzene rings is 1. The van der Waals surface area contributed by atoms with Crippen LogP contribution in [0.3, 0.4) is 0 Å².